The van der Waals surface area contributed by atoms with Crippen LogP contribution in [0.3, 0.4) is 0 Å². The van der Waals surface area contributed by atoms with E-state index in [4.69, 9.17) is 0 Å². The summed E-state index contributed by atoms with van der Waals surface area (Å²) in [6, 6.07) is 10.1. The molecule has 1 aromatic heterocycles. The van der Waals surface area contributed by atoms with E-state index in [1.807, 2.05) is 6.92 Å². The van der Waals surface area contributed by atoms with E-state index in [9.17, 15) is 18.0 Å². The standard InChI is InChI=1S/C23H28N2O4S2/c1-17-9-11-19(12-10-17)31(28,29)21(20-8-5-15-30-20)16-25-23(27)22(26)24-14-13-18-6-3-2-4-7-18/h5-6,8-12,15,21H,2-4,7,13-14,16H2,1H3,(H,24,26)(H,25,27)/t21-/m0/s1. The van der Waals surface area contributed by atoms with E-state index >= 15 is 0 Å². The second-order valence-electron chi connectivity index (χ2n) is 7.69. The Morgan fingerprint density at radius 2 is 1.81 bits per heavy atom. The fraction of sp³-hybridized carbons (Fsp3) is 0.391. The Kier molecular flexibility index (Phi) is 8.03. The fourth-order valence-electron chi connectivity index (χ4n) is 3.54. The Bertz CT molecular complexity index is 1030. The zero-order valence-electron chi connectivity index (χ0n) is 17.6. The smallest absolute Gasteiger partial charge is 0.309 e. The van der Waals surface area contributed by atoms with E-state index in [0.29, 0.717) is 11.4 Å². The van der Waals surface area contributed by atoms with Gasteiger partial charge < -0.3 is 10.6 Å². The molecule has 1 heterocycles. The lowest BCUT2D eigenvalue weighted by Crippen LogP contribution is -2.42. The van der Waals surface area contributed by atoms with Crippen LogP contribution in [0.4, 0.5) is 0 Å². The van der Waals surface area contributed by atoms with Crippen molar-refractivity contribution >= 4 is 33.0 Å². The topological polar surface area (TPSA) is 92.3 Å². The van der Waals surface area contributed by atoms with E-state index < -0.39 is 26.9 Å². The third kappa shape index (κ3) is 6.27. The van der Waals surface area contributed by atoms with Crippen molar-refractivity contribution in [2.75, 3.05) is 13.1 Å². The molecular formula is C23H28N2O4S2. The molecule has 0 saturated carbocycles. The minimum absolute atomic E-state index is 0.172. The third-order valence-electron chi connectivity index (χ3n) is 5.36. The van der Waals surface area contributed by atoms with Crippen LogP contribution in [-0.4, -0.2) is 33.3 Å². The molecule has 1 aromatic carbocycles. The number of allylic oxidation sites excluding steroid dienone is 1. The van der Waals surface area contributed by atoms with Crippen LogP contribution in [-0.2, 0) is 19.4 Å². The van der Waals surface area contributed by atoms with E-state index in [1.54, 1.807) is 41.8 Å². The molecule has 8 heteroatoms. The normalized spacial score (nSPS) is 15.1. The zero-order valence-corrected chi connectivity index (χ0v) is 19.2. The molecule has 1 atom stereocenters. The largest absolute Gasteiger partial charge is 0.348 e. The number of rotatable bonds is 8. The molecule has 1 aliphatic rings. The number of hydrogen-bond acceptors (Lipinski definition) is 5. The van der Waals surface area contributed by atoms with Crippen LogP contribution in [0.2, 0.25) is 0 Å². The number of hydrogen-bond donors (Lipinski definition) is 2. The summed E-state index contributed by atoms with van der Waals surface area (Å²) in [5.41, 5.74) is 2.27. The van der Waals surface area contributed by atoms with Gasteiger partial charge in [0.15, 0.2) is 9.84 Å². The SMILES string of the molecule is Cc1ccc(S(=O)(=O)[C@@H](CNC(=O)C(=O)NCCC2=CCCCC2)c2cccs2)cc1. The first kappa shape index (κ1) is 23.2. The van der Waals surface area contributed by atoms with Gasteiger partial charge in [-0.15, -0.1) is 11.3 Å². The number of benzene rings is 1. The number of carbonyl (C=O) groups is 2. The van der Waals surface area contributed by atoms with Crippen molar-refractivity contribution in [3.63, 3.8) is 0 Å². The summed E-state index contributed by atoms with van der Waals surface area (Å²) in [4.78, 5) is 25.2. The van der Waals surface area contributed by atoms with Crippen LogP contribution in [0.15, 0.2) is 58.3 Å². The molecule has 0 fully saturated rings. The molecule has 0 radical (unpaired) electrons. The molecular weight excluding hydrogens is 432 g/mol. The number of amides is 2. The zero-order chi connectivity index (χ0) is 22.3. The van der Waals surface area contributed by atoms with Crippen molar-refractivity contribution in [3.05, 3.63) is 63.9 Å². The molecule has 0 spiro atoms. The molecule has 6 nitrogen and oxygen atoms in total. The summed E-state index contributed by atoms with van der Waals surface area (Å²) in [7, 11) is -3.74. The summed E-state index contributed by atoms with van der Waals surface area (Å²) >= 11 is 1.31. The summed E-state index contributed by atoms with van der Waals surface area (Å²) in [6.07, 6.45) is 7.43. The minimum Gasteiger partial charge on any atom is -0.348 e. The summed E-state index contributed by atoms with van der Waals surface area (Å²) < 4.78 is 26.4. The lowest BCUT2D eigenvalue weighted by molar-refractivity contribution is -0.139. The first-order valence-corrected chi connectivity index (χ1v) is 12.9. The Labute approximate surface area is 187 Å². The molecule has 0 unspecified atom stereocenters. The van der Waals surface area contributed by atoms with Gasteiger partial charge in [-0.05, 0) is 62.6 Å². The minimum atomic E-state index is -3.74. The van der Waals surface area contributed by atoms with Gasteiger partial charge in [0.1, 0.15) is 5.25 Å². The van der Waals surface area contributed by atoms with Gasteiger partial charge in [0, 0.05) is 18.0 Å². The van der Waals surface area contributed by atoms with E-state index in [0.717, 1.165) is 24.8 Å². The molecule has 0 saturated heterocycles. The van der Waals surface area contributed by atoms with Gasteiger partial charge in [-0.25, -0.2) is 8.42 Å². The van der Waals surface area contributed by atoms with Crippen molar-refractivity contribution in [3.8, 4) is 0 Å². The van der Waals surface area contributed by atoms with Crippen molar-refractivity contribution < 1.29 is 18.0 Å². The van der Waals surface area contributed by atoms with E-state index in [2.05, 4.69) is 16.7 Å². The summed E-state index contributed by atoms with van der Waals surface area (Å²) in [5, 5.41) is 5.97. The van der Waals surface area contributed by atoms with Gasteiger partial charge in [0.05, 0.1) is 4.90 Å². The molecule has 0 aliphatic heterocycles. The molecule has 166 valence electrons. The van der Waals surface area contributed by atoms with Gasteiger partial charge >= 0.3 is 11.8 Å². The Balaban J connectivity index is 1.61. The van der Waals surface area contributed by atoms with Crippen LogP contribution < -0.4 is 10.6 Å². The monoisotopic (exact) mass is 460 g/mol. The molecule has 2 N–H and O–H groups in total. The maximum absolute atomic E-state index is 13.2. The molecule has 2 aromatic rings. The van der Waals surface area contributed by atoms with Gasteiger partial charge in [-0.1, -0.05) is 35.4 Å². The highest BCUT2D eigenvalue weighted by Crippen LogP contribution is 2.31. The Hall–Kier alpha value is -2.45. The predicted octanol–water partition coefficient (Wildman–Crippen LogP) is 3.69. The maximum atomic E-state index is 13.2. The molecule has 1 aliphatic carbocycles. The Morgan fingerprint density at radius 3 is 2.45 bits per heavy atom. The highest BCUT2D eigenvalue weighted by Gasteiger charge is 2.31. The lowest BCUT2D eigenvalue weighted by atomic mass is 9.97. The molecule has 0 bridgehead atoms. The Morgan fingerprint density at radius 1 is 1.06 bits per heavy atom. The number of thiophene rings is 1. The van der Waals surface area contributed by atoms with Crippen molar-refractivity contribution in [2.24, 2.45) is 0 Å². The molecule has 3 rings (SSSR count). The van der Waals surface area contributed by atoms with Crippen LogP contribution >= 0.6 is 11.3 Å². The number of nitrogens with one attached hydrogen (secondary N) is 2. The second kappa shape index (κ2) is 10.7. The second-order valence-corrected chi connectivity index (χ2v) is 10.8. The van der Waals surface area contributed by atoms with Crippen LogP contribution in [0.25, 0.3) is 0 Å². The summed E-state index contributed by atoms with van der Waals surface area (Å²) in [5.74, 6) is -1.56. The van der Waals surface area contributed by atoms with E-state index in [1.165, 1.54) is 29.8 Å². The fourth-order valence-corrected chi connectivity index (χ4v) is 6.33. The summed E-state index contributed by atoms with van der Waals surface area (Å²) in [6.45, 7) is 2.11. The van der Waals surface area contributed by atoms with E-state index in [-0.39, 0.29) is 11.4 Å². The van der Waals surface area contributed by atoms with Crippen LogP contribution in [0.5, 0.6) is 0 Å². The van der Waals surface area contributed by atoms with Gasteiger partial charge in [-0.3, -0.25) is 9.59 Å². The quantitative estimate of drug-likeness (QED) is 0.464. The van der Waals surface area contributed by atoms with Crippen molar-refractivity contribution in [1.82, 2.24) is 10.6 Å². The number of aryl methyl sites for hydroxylation is 1. The van der Waals surface area contributed by atoms with Gasteiger partial charge in [0.2, 0.25) is 0 Å². The number of sulfone groups is 1. The van der Waals surface area contributed by atoms with Crippen LogP contribution in [0.1, 0.15) is 47.8 Å². The maximum Gasteiger partial charge on any atom is 0.309 e. The third-order valence-corrected chi connectivity index (χ3v) is 8.59. The first-order valence-electron chi connectivity index (χ1n) is 10.5. The molecule has 31 heavy (non-hydrogen) atoms. The van der Waals surface area contributed by atoms with Crippen LogP contribution in [0, 0.1) is 6.92 Å². The van der Waals surface area contributed by atoms with Crippen molar-refractivity contribution in [2.45, 2.75) is 49.2 Å². The number of carbonyl (C=O) groups excluding carboxylic acids is 2. The average molecular weight is 461 g/mol. The highest BCUT2D eigenvalue weighted by atomic mass is 32.2. The van der Waals surface area contributed by atoms with Gasteiger partial charge in [0.25, 0.3) is 0 Å². The lowest BCUT2D eigenvalue weighted by Gasteiger charge is -2.17. The highest BCUT2D eigenvalue weighted by molar-refractivity contribution is 7.91. The molecule has 2 amide bonds. The predicted molar refractivity (Wildman–Crippen MR) is 123 cm³/mol. The van der Waals surface area contributed by atoms with Gasteiger partial charge in [-0.2, -0.15) is 0 Å². The average Bonchev–Trinajstić information content (AvgIpc) is 3.29. The first-order chi connectivity index (χ1) is 14.9. The van der Waals surface area contributed by atoms with Crippen molar-refractivity contribution in [1.29, 1.82) is 0 Å².